The van der Waals surface area contributed by atoms with Crippen LogP contribution >= 0.6 is 0 Å². The van der Waals surface area contributed by atoms with Crippen LogP contribution in [0.3, 0.4) is 0 Å². The van der Waals surface area contributed by atoms with Gasteiger partial charge in [0.05, 0.1) is 24.2 Å². The second-order valence-electron chi connectivity index (χ2n) is 4.26. The highest BCUT2D eigenvalue weighted by Crippen LogP contribution is 2.29. The smallest absolute Gasteiger partial charge is 0.269 e. The minimum Gasteiger partial charge on any atom is -0.394 e. The van der Waals surface area contributed by atoms with Crippen LogP contribution in [0.25, 0.3) is 0 Å². The molecule has 0 spiro atoms. The van der Waals surface area contributed by atoms with Crippen molar-refractivity contribution in [3.8, 4) is 0 Å². The number of benzene rings is 1. The summed E-state index contributed by atoms with van der Waals surface area (Å²) in [4.78, 5) is 10.3. The lowest BCUT2D eigenvalue weighted by Crippen LogP contribution is -2.27. The summed E-state index contributed by atoms with van der Waals surface area (Å²) >= 11 is 0. The SMILES string of the molecule is O=[N+]([O-])c1cccc([C@H]2CC[C@@H](CO)OC2)c1. The van der Waals surface area contributed by atoms with Gasteiger partial charge in [0.1, 0.15) is 0 Å². The Morgan fingerprint density at radius 2 is 2.29 bits per heavy atom. The van der Waals surface area contributed by atoms with Crippen LogP contribution in [0.15, 0.2) is 24.3 Å². The third kappa shape index (κ3) is 2.81. The van der Waals surface area contributed by atoms with Crippen LogP contribution < -0.4 is 0 Å². The van der Waals surface area contributed by atoms with E-state index in [0.717, 1.165) is 18.4 Å². The average molecular weight is 237 g/mol. The molecule has 1 aromatic carbocycles. The molecule has 2 atom stereocenters. The molecule has 1 aromatic rings. The molecule has 0 aromatic heterocycles. The zero-order chi connectivity index (χ0) is 12.3. The van der Waals surface area contributed by atoms with E-state index >= 15 is 0 Å². The lowest BCUT2D eigenvalue weighted by atomic mass is 9.91. The quantitative estimate of drug-likeness (QED) is 0.643. The molecule has 1 N–H and O–H groups in total. The van der Waals surface area contributed by atoms with Crippen LogP contribution in [-0.4, -0.2) is 29.3 Å². The average Bonchev–Trinajstić information content (AvgIpc) is 2.39. The number of rotatable bonds is 3. The number of aliphatic hydroxyl groups is 1. The molecule has 5 heteroatoms. The third-order valence-corrected chi connectivity index (χ3v) is 3.13. The van der Waals surface area contributed by atoms with E-state index in [0.29, 0.717) is 6.61 Å². The van der Waals surface area contributed by atoms with Gasteiger partial charge in [0.15, 0.2) is 0 Å². The van der Waals surface area contributed by atoms with Crippen LogP contribution in [0.1, 0.15) is 24.3 Å². The molecule has 0 bridgehead atoms. The first-order valence-corrected chi connectivity index (χ1v) is 5.67. The first-order valence-electron chi connectivity index (χ1n) is 5.67. The molecule has 2 rings (SSSR count). The van der Waals surface area contributed by atoms with Gasteiger partial charge < -0.3 is 9.84 Å². The van der Waals surface area contributed by atoms with Crippen LogP contribution in [0, 0.1) is 10.1 Å². The lowest BCUT2D eigenvalue weighted by Gasteiger charge is -2.28. The highest BCUT2D eigenvalue weighted by atomic mass is 16.6. The van der Waals surface area contributed by atoms with Crippen molar-refractivity contribution in [1.82, 2.24) is 0 Å². The minimum absolute atomic E-state index is 0.0433. The van der Waals surface area contributed by atoms with Gasteiger partial charge in [-0.15, -0.1) is 0 Å². The van der Waals surface area contributed by atoms with Gasteiger partial charge in [-0.05, 0) is 18.4 Å². The Morgan fingerprint density at radius 1 is 1.47 bits per heavy atom. The van der Waals surface area contributed by atoms with Gasteiger partial charge in [0.2, 0.25) is 0 Å². The molecular weight excluding hydrogens is 222 g/mol. The highest BCUT2D eigenvalue weighted by molar-refractivity contribution is 5.36. The zero-order valence-electron chi connectivity index (χ0n) is 9.41. The number of hydrogen-bond donors (Lipinski definition) is 1. The van der Waals surface area contributed by atoms with E-state index in [9.17, 15) is 10.1 Å². The fourth-order valence-electron chi connectivity index (χ4n) is 2.11. The van der Waals surface area contributed by atoms with E-state index in [2.05, 4.69) is 0 Å². The molecule has 0 radical (unpaired) electrons. The summed E-state index contributed by atoms with van der Waals surface area (Å²) in [6, 6.07) is 6.68. The van der Waals surface area contributed by atoms with Crippen LogP contribution in [0.5, 0.6) is 0 Å². The number of nitro groups is 1. The van der Waals surface area contributed by atoms with Crippen molar-refractivity contribution in [2.45, 2.75) is 24.9 Å². The number of hydrogen-bond acceptors (Lipinski definition) is 4. The first kappa shape index (κ1) is 12.0. The molecule has 0 amide bonds. The van der Waals surface area contributed by atoms with E-state index in [4.69, 9.17) is 9.84 Å². The second-order valence-corrected chi connectivity index (χ2v) is 4.26. The molecule has 1 fully saturated rings. The summed E-state index contributed by atoms with van der Waals surface area (Å²) in [5, 5.41) is 19.6. The molecular formula is C12H15NO4. The Labute approximate surface area is 99.2 Å². The van der Waals surface area contributed by atoms with Crippen LogP contribution in [-0.2, 0) is 4.74 Å². The van der Waals surface area contributed by atoms with Gasteiger partial charge >= 0.3 is 0 Å². The maximum Gasteiger partial charge on any atom is 0.269 e. The van der Waals surface area contributed by atoms with E-state index < -0.39 is 0 Å². The van der Waals surface area contributed by atoms with Crippen molar-refractivity contribution in [3.05, 3.63) is 39.9 Å². The third-order valence-electron chi connectivity index (χ3n) is 3.13. The predicted molar refractivity (Wildman–Crippen MR) is 61.9 cm³/mol. The minimum atomic E-state index is -0.385. The molecule has 0 unspecified atom stereocenters. The van der Waals surface area contributed by atoms with Gasteiger partial charge in [0.25, 0.3) is 5.69 Å². The fourth-order valence-corrected chi connectivity index (χ4v) is 2.11. The fraction of sp³-hybridized carbons (Fsp3) is 0.500. The standard InChI is InChI=1S/C12H15NO4/c14-7-12-5-4-10(8-17-12)9-2-1-3-11(6-9)13(15)16/h1-3,6,10,12,14H,4-5,7-8H2/t10-,12-/m0/s1. The van der Waals surface area contributed by atoms with Crippen molar-refractivity contribution in [2.24, 2.45) is 0 Å². The van der Waals surface area contributed by atoms with Crippen molar-refractivity contribution >= 4 is 5.69 Å². The molecule has 0 saturated carbocycles. The Morgan fingerprint density at radius 3 is 2.88 bits per heavy atom. The number of nitrogens with zero attached hydrogens (tertiary/aromatic N) is 1. The molecule has 1 saturated heterocycles. The number of nitro benzene ring substituents is 1. The highest BCUT2D eigenvalue weighted by Gasteiger charge is 2.23. The van der Waals surface area contributed by atoms with Crippen LogP contribution in [0.4, 0.5) is 5.69 Å². The molecule has 0 aliphatic carbocycles. The monoisotopic (exact) mass is 237 g/mol. The zero-order valence-corrected chi connectivity index (χ0v) is 9.41. The van der Waals surface area contributed by atoms with Crippen LogP contribution in [0.2, 0.25) is 0 Å². The maximum absolute atomic E-state index is 10.7. The van der Waals surface area contributed by atoms with Gasteiger partial charge in [0, 0.05) is 18.1 Å². The second kappa shape index (κ2) is 5.25. The normalized spacial score (nSPS) is 24.5. The number of ether oxygens (including phenoxy) is 1. The Hall–Kier alpha value is -1.46. The largest absolute Gasteiger partial charge is 0.394 e. The Balaban J connectivity index is 2.08. The number of non-ortho nitro benzene ring substituents is 1. The van der Waals surface area contributed by atoms with Gasteiger partial charge in [-0.25, -0.2) is 0 Å². The summed E-state index contributed by atoms with van der Waals surface area (Å²) in [5.41, 5.74) is 1.06. The molecule has 1 aliphatic heterocycles. The summed E-state index contributed by atoms with van der Waals surface area (Å²) < 4.78 is 5.47. The summed E-state index contributed by atoms with van der Waals surface area (Å²) in [6.45, 7) is 0.564. The van der Waals surface area contributed by atoms with Crippen molar-refractivity contribution in [2.75, 3.05) is 13.2 Å². The van der Waals surface area contributed by atoms with E-state index in [1.54, 1.807) is 12.1 Å². The molecule has 17 heavy (non-hydrogen) atoms. The topological polar surface area (TPSA) is 72.6 Å². The van der Waals surface area contributed by atoms with E-state index in [1.165, 1.54) is 6.07 Å². The summed E-state index contributed by atoms with van der Waals surface area (Å²) in [7, 11) is 0. The first-order chi connectivity index (χ1) is 8.20. The number of aliphatic hydroxyl groups excluding tert-OH is 1. The van der Waals surface area contributed by atoms with Gasteiger partial charge in [-0.1, -0.05) is 12.1 Å². The molecule has 1 heterocycles. The summed E-state index contributed by atoms with van der Waals surface area (Å²) in [5.74, 6) is 0.192. The van der Waals surface area contributed by atoms with Crippen molar-refractivity contribution in [1.29, 1.82) is 0 Å². The maximum atomic E-state index is 10.7. The van der Waals surface area contributed by atoms with Gasteiger partial charge in [-0.2, -0.15) is 0 Å². The van der Waals surface area contributed by atoms with Crippen molar-refractivity contribution < 1.29 is 14.8 Å². The predicted octanol–water partition coefficient (Wildman–Crippen LogP) is 1.85. The molecule has 92 valence electrons. The van der Waals surface area contributed by atoms with E-state index in [1.807, 2.05) is 6.07 Å². The Kier molecular flexibility index (Phi) is 3.71. The Bertz CT molecular complexity index is 399. The molecule has 5 nitrogen and oxygen atoms in total. The van der Waals surface area contributed by atoms with Gasteiger partial charge in [-0.3, -0.25) is 10.1 Å². The van der Waals surface area contributed by atoms with E-state index in [-0.39, 0.29) is 29.2 Å². The van der Waals surface area contributed by atoms with Crippen molar-refractivity contribution in [3.63, 3.8) is 0 Å². The lowest BCUT2D eigenvalue weighted by molar-refractivity contribution is -0.384. The summed E-state index contributed by atoms with van der Waals surface area (Å²) in [6.07, 6.45) is 1.61. The molecule has 1 aliphatic rings.